The van der Waals surface area contributed by atoms with Crippen LogP contribution in [0.3, 0.4) is 0 Å². The van der Waals surface area contributed by atoms with E-state index in [0.29, 0.717) is 18.1 Å². The van der Waals surface area contributed by atoms with Gasteiger partial charge in [-0.25, -0.2) is 4.79 Å². The third-order valence-electron chi connectivity index (χ3n) is 3.41. The summed E-state index contributed by atoms with van der Waals surface area (Å²) in [5.74, 6) is 0.00782. The van der Waals surface area contributed by atoms with Crippen LogP contribution in [0.15, 0.2) is 41.1 Å². The van der Waals surface area contributed by atoms with Crippen LogP contribution < -0.4 is 10.6 Å². The van der Waals surface area contributed by atoms with Gasteiger partial charge in [-0.3, -0.25) is 4.79 Å². The van der Waals surface area contributed by atoms with E-state index in [1.165, 1.54) is 11.2 Å². The second-order valence-corrected chi connectivity index (χ2v) is 5.50. The summed E-state index contributed by atoms with van der Waals surface area (Å²) >= 11 is 0. The molecule has 2 N–H and O–H groups in total. The van der Waals surface area contributed by atoms with Gasteiger partial charge < -0.3 is 20.1 Å². The van der Waals surface area contributed by atoms with Gasteiger partial charge in [0, 0.05) is 18.3 Å². The highest BCUT2D eigenvalue weighted by molar-refractivity contribution is 5.96. The summed E-state index contributed by atoms with van der Waals surface area (Å²) in [6, 6.07) is 8.75. The first-order valence-corrected chi connectivity index (χ1v) is 7.91. The lowest BCUT2D eigenvalue weighted by molar-refractivity contribution is -0.116. The first-order valence-electron chi connectivity index (χ1n) is 7.91. The van der Waals surface area contributed by atoms with Crippen molar-refractivity contribution in [2.24, 2.45) is 0 Å². The number of urea groups is 1. The van der Waals surface area contributed by atoms with Gasteiger partial charge in [0.05, 0.1) is 0 Å². The molecule has 1 heterocycles. The van der Waals surface area contributed by atoms with Gasteiger partial charge in [0.2, 0.25) is 5.91 Å². The third kappa shape index (κ3) is 5.42. The van der Waals surface area contributed by atoms with Crippen molar-refractivity contribution in [1.29, 1.82) is 0 Å². The molecule has 0 bridgehead atoms. The van der Waals surface area contributed by atoms with Gasteiger partial charge in [-0.15, -0.1) is 0 Å². The Hall–Kier alpha value is -2.83. The Balaban J connectivity index is 1.96. The Labute approximate surface area is 141 Å². The maximum Gasteiger partial charge on any atom is 0.322 e. The van der Waals surface area contributed by atoms with Gasteiger partial charge in [-0.1, -0.05) is 36.2 Å². The van der Waals surface area contributed by atoms with E-state index in [9.17, 15) is 9.59 Å². The zero-order chi connectivity index (χ0) is 17.4. The number of nitrogens with zero attached hydrogens (tertiary/aromatic N) is 2. The predicted molar refractivity (Wildman–Crippen MR) is 91.8 cm³/mol. The van der Waals surface area contributed by atoms with Crippen molar-refractivity contribution in [3.05, 3.63) is 42.2 Å². The highest BCUT2D eigenvalue weighted by atomic mass is 16.5. The molecule has 0 atom stereocenters. The fourth-order valence-corrected chi connectivity index (χ4v) is 2.07. The van der Waals surface area contributed by atoms with Crippen LogP contribution >= 0.6 is 0 Å². The second-order valence-electron chi connectivity index (χ2n) is 5.50. The van der Waals surface area contributed by atoms with Gasteiger partial charge in [0.15, 0.2) is 5.82 Å². The molecule has 0 aliphatic rings. The zero-order valence-corrected chi connectivity index (χ0v) is 13.9. The Morgan fingerprint density at radius 1 is 1.17 bits per heavy atom. The molecule has 1 aromatic carbocycles. The lowest BCUT2D eigenvalue weighted by Gasteiger charge is -2.22. The molecule has 24 heavy (non-hydrogen) atoms. The number of carbonyl (C=O) groups is 2. The van der Waals surface area contributed by atoms with Gasteiger partial charge >= 0.3 is 6.03 Å². The molecule has 0 saturated carbocycles. The number of benzene rings is 1. The summed E-state index contributed by atoms with van der Waals surface area (Å²) in [5.41, 5.74) is 1.81. The average molecular weight is 330 g/mol. The predicted octanol–water partition coefficient (Wildman–Crippen LogP) is 3.26. The minimum Gasteiger partial charge on any atom is -0.363 e. The smallest absolute Gasteiger partial charge is 0.322 e. The number of aryl methyl sites for hydroxylation is 1. The number of amides is 3. The van der Waals surface area contributed by atoms with E-state index in [4.69, 9.17) is 0 Å². The molecule has 0 aliphatic heterocycles. The lowest BCUT2D eigenvalue weighted by Crippen LogP contribution is -2.41. The third-order valence-corrected chi connectivity index (χ3v) is 3.41. The van der Waals surface area contributed by atoms with Crippen molar-refractivity contribution in [1.82, 2.24) is 10.1 Å². The van der Waals surface area contributed by atoms with Gasteiger partial charge in [-0.2, -0.15) is 0 Å². The minimum atomic E-state index is -0.320. The summed E-state index contributed by atoms with van der Waals surface area (Å²) in [4.78, 5) is 26.0. The summed E-state index contributed by atoms with van der Waals surface area (Å²) in [7, 11) is 0. The van der Waals surface area contributed by atoms with Crippen LogP contribution in [0.5, 0.6) is 0 Å². The fourth-order valence-electron chi connectivity index (χ4n) is 2.07. The Morgan fingerprint density at radius 3 is 2.54 bits per heavy atom. The van der Waals surface area contributed by atoms with E-state index in [1.807, 2.05) is 38.1 Å². The maximum absolute atomic E-state index is 12.4. The molecule has 0 radical (unpaired) electrons. The highest BCUT2D eigenvalue weighted by Gasteiger charge is 2.17. The number of hydrogen-bond donors (Lipinski definition) is 2. The molecule has 7 heteroatoms. The molecule has 0 spiro atoms. The standard InChI is InChI=1S/C17H22N4O3/c1-3-4-10-21(12-16(22)19-15-9-11-24-20-15)17(23)18-14-7-5-13(2)6-8-14/h5-9,11H,3-4,10,12H2,1-2H3,(H,18,23)(H,19,20,22). The topological polar surface area (TPSA) is 87.5 Å². The van der Waals surface area contributed by atoms with Crippen molar-refractivity contribution in [2.45, 2.75) is 26.7 Å². The zero-order valence-electron chi connectivity index (χ0n) is 13.9. The van der Waals surface area contributed by atoms with Crippen molar-refractivity contribution in [2.75, 3.05) is 23.7 Å². The first kappa shape index (κ1) is 17.5. The number of nitrogens with one attached hydrogen (secondary N) is 2. The normalized spacial score (nSPS) is 10.2. The summed E-state index contributed by atoms with van der Waals surface area (Å²) in [6.07, 6.45) is 3.12. The van der Waals surface area contributed by atoms with Crippen molar-refractivity contribution >= 4 is 23.4 Å². The lowest BCUT2D eigenvalue weighted by atomic mass is 10.2. The summed E-state index contributed by atoms with van der Waals surface area (Å²) in [5, 5.41) is 9.03. The van der Waals surface area contributed by atoms with E-state index in [1.54, 1.807) is 6.07 Å². The van der Waals surface area contributed by atoms with Crippen LogP contribution in [0.1, 0.15) is 25.3 Å². The minimum absolute atomic E-state index is 0.0510. The molecule has 1 aromatic heterocycles. The van der Waals surface area contributed by atoms with Crippen molar-refractivity contribution in [3.63, 3.8) is 0 Å². The van der Waals surface area contributed by atoms with E-state index in [0.717, 1.165) is 18.4 Å². The molecule has 3 amide bonds. The molecule has 2 aromatic rings. The van der Waals surface area contributed by atoms with Crippen LogP contribution in [0.4, 0.5) is 16.3 Å². The number of anilines is 2. The molecule has 0 saturated heterocycles. The quantitative estimate of drug-likeness (QED) is 0.815. The molecular formula is C17H22N4O3. The van der Waals surface area contributed by atoms with E-state index in [2.05, 4.69) is 20.3 Å². The van der Waals surface area contributed by atoms with Crippen molar-refractivity contribution in [3.8, 4) is 0 Å². The Kier molecular flexibility index (Phi) is 6.36. The molecule has 128 valence electrons. The SMILES string of the molecule is CCCCN(CC(=O)Nc1ccon1)C(=O)Nc1ccc(C)cc1. The molecule has 0 unspecified atom stereocenters. The van der Waals surface area contributed by atoms with Crippen LogP contribution in [0.2, 0.25) is 0 Å². The molecule has 7 nitrogen and oxygen atoms in total. The molecular weight excluding hydrogens is 308 g/mol. The van der Waals surface area contributed by atoms with Gasteiger partial charge in [-0.05, 0) is 25.5 Å². The van der Waals surface area contributed by atoms with E-state index >= 15 is 0 Å². The summed E-state index contributed by atoms with van der Waals surface area (Å²) in [6.45, 7) is 4.46. The van der Waals surface area contributed by atoms with Crippen LogP contribution in [0, 0.1) is 6.92 Å². The Morgan fingerprint density at radius 2 is 1.92 bits per heavy atom. The van der Waals surface area contributed by atoms with Crippen LogP contribution in [-0.4, -0.2) is 35.1 Å². The molecule has 0 aliphatic carbocycles. The number of unbranched alkanes of at least 4 members (excludes halogenated alkanes) is 1. The number of rotatable bonds is 7. The molecule has 0 fully saturated rings. The van der Waals surface area contributed by atoms with E-state index < -0.39 is 0 Å². The van der Waals surface area contributed by atoms with Crippen molar-refractivity contribution < 1.29 is 14.1 Å². The average Bonchev–Trinajstić information content (AvgIpc) is 3.06. The van der Waals surface area contributed by atoms with Crippen LogP contribution in [-0.2, 0) is 4.79 Å². The maximum atomic E-state index is 12.4. The van der Waals surface area contributed by atoms with Gasteiger partial charge in [0.1, 0.15) is 12.8 Å². The first-order chi connectivity index (χ1) is 11.6. The monoisotopic (exact) mass is 330 g/mol. The largest absolute Gasteiger partial charge is 0.363 e. The summed E-state index contributed by atoms with van der Waals surface area (Å²) < 4.78 is 4.66. The van der Waals surface area contributed by atoms with E-state index in [-0.39, 0.29) is 18.5 Å². The second kappa shape index (κ2) is 8.71. The Bertz CT molecular complexity index is 653. The highest BCUT2D eigenvalue weighted by Crippen LogP contribution is 2.10. The number of aromatic nitrogens is 1. The number of carbonyl (C=O) groups excluding carboxylic acids is 2. The number of hydrogen-bond acceptors (Lipinski definition) is 4. The van der Waals surface area contributed by atoms with Crippen LogP contribution in [0.25, 0.3) is 0 Å². The fraction of sp³-hybridized carbons (Fsp3) is 0.353. The molecule has 2 rings (SSSR count). The van der Waals surface area contributed by atoms with Gasteiger partial charge in [0.25, 0.3) is 0 Å².